The molecule has 104 valence electrons. The summed E-state index contributed by atoms with van der Waals surface area (Å²) in [7, 11) is 0. The third kappa shape index (κ3) is 3.24. The Morgan fingerprint density at radius 2 is 2.10 bits per heavy atom. The Labute approximate surface area is 122 Å². The van der Waals surface area contributed by atoms with Gasteiger partial charge in [-0.2, -0.15) is 0 Å². The third-order valence-electron chi connectivity index (χ3n) is 2.55. The van der Waals surface area contributed by atoms with Crippen LogP contribution < -0.4 is 5.32 Å². The van der Waals surface area contributed by atoms with Gasteiger partial charge in [0.1, 0.15) is 18.1 Å². The third-order valence-corrected chi connectivity index (χ3v) is 3.20. The predicted molar refractivity (Wildman–Crippen MR) is 74.1 cm³/mol. The Balaban J connectivity index is 2.20. The lowest BCUT2D eigenvalue weighted by Crippen LogP contribution is -2.19. The molecule has 1 aromatic carbocycles. The maximum absolute atomic E-state index is 13.0. The first-order valence-electron chi connectivity index (χ1n) is 5.60. The van der Waals surface area contributed by atoms with E-state index in [-0.39, 0.29) is 12.2 Å². The summed E-state index contributed by atoms with van der Waals surface area (Å²) in [5.41, 5.74) is 0.614. The SMILES string of the molecule is O=C(O)Cn1cccc1C(=O)Nc1ccc(F)cc1Br. The van der Waals surface area contributed by atoms with E-state index in [1.165, 1.54) is 35.0 Å². The van der Waals surface area contributed by atoms with E-state index in [4.69, 9.17) is 5.11 Å². The quantitative estimate of drug-likeness (QED) is 0.898. The predicted octanol–water partition coefficient (Wildman–Crippen LogP) is 2.73. The minimum atomic E-state index is -1.04. The molecule has 0 bridgehead atoms. The van der Waals surface area contributed by atoms with Gasteiger partial charge >= 0.3 is 5.97 Å². The Kier molecular flexibility index (Phi) is 4.19. The van der Waals surface area contributed by atoms with Crippen LogP contribution in [0.25, 0.3) is 0 Å². The minimum absolute atomic E-state index is 0.212. The highest BCUT2D eigenvalue weighted by atomic mass is 79.9. The van der Waals surface area contributed by atoms with Gasteiger partial charge in [0.2, 0.25) is 0 Å². The van der Waals surface area contributed by atoms with Crippen molar-refractivity contribution in [2.24, 2.45) is 0 Å². The van der Waals surface area contributed by atoms with Crippen LogP contribution in [0, 0.1) is 5.82 Å². The second kappa shape index (κ2) is 5.87. The molecular formula is C13H10BrFN2O3. The minimum Gasteiger partial charge on any atom is -0.480 e. The van der Waals surface area contributed by atoms with E-state index in [0.29, 0.717) is 10.2 Å². The van der Waals surface area contributed by atoms with Gasteiger partial charge in [0.25, 0.3) is 5.91 Å². The van der Waals surface area contributed by atoms with Crippen molar-refractivity contribution >= 4 is 33.5 Å². The Morgan fingerprint density at radius 1 is 1.35 bits per heavy atom. The van der Waals surface area contributed by atoms with Gasteiger partial charge in [0, 0.05) is 10.7 Å². The van der Waals surface area contributed by atoms with Crippen molar-refractivity contribution < 1.29 is 19.1 Å². The van der Waals surface area contributed by atoms with E-state index in [2.05, 4.69) is 21.2 Å². The number of hydrogen-bond donors (Lipinski definition) is 2. The largest absolute Gasteiger partial charge is 0.480 e. The molecule has 1 aromatic heterocycles. The molecule has 2 rings (SSSR count). The van der Waals surface area contributed by atoms with E-state index >= 15 is 0 Å². The topological polar surface area (TPSA) is 71.3 Å². The zero-order valence-electron chi connectivity index (χ0n) is 10.1. The molecule has 0 saturated carbocycles. The molecule has 0 radical (unpaired) electrons. The fourth-order valence-corrected chi connectivity index (χ4v) is 2.13. The number of benzene rings is 1. The highest BCUT2D eigenvalue weighted by molar-refractivity contribution is 9.10. The molecule has 7 heteroatoms. The smallest absolute Gasteiger partial charge is 0.323 e. The highest BCUT2D eigenvalue weighted by Crippen LogP contribution is 2.23. The van der Waals surface area contributed by atoms with E-state index in [1.807, 2.05) is 0 Å². The highest BCUT2D eigenvalue weighted by Gasteiger charge is 2.14. The van der Waals surface area contributed by atoms with Crippen LogP contribution in [0.5, 0.6) is 0 Å². The maximum Gasteiger partial charge on any atom is 0.323 e. The summed E-state index contributed by atoms with van der Waals surface area (Å²) in [4.78, 5) is 22.8. The van der Waals surface area contributed by atoms with Gasteiger partial charge in [-0.25, -0.2) is 4.39 Å². The summed E-state index contributed by atoms with van der Waals surface area (Å²) in [6.45, 7) is -0.305. The van der Waals surface area contributed by atoms with Crippen molar-refractivity contribution in [2.75, 3.05) is 5.32 Å². The molecule has 2 N–H and O–H groups in total. The number of aromatic nitrogens is 1. The van der Waals surface area contributed by atoms with Crippen molar-refractivity contribution in [3.63, 3.8) is 0 Å². The van der Waals surface area contributed by atoms with E-state index in [1.54, 1.807) is 6.07 Å². The summed E-state index contributed by atoms with van der Waals surface area (Å²) in [5, 5.41) is 11.3. The van der Waals surface area contributed by atoms with Gasteiger partial charge in [0.05, 0.1) is 5.69 Å². The maximum atomic E-state index is 13.0. The molecule has 0 aliphatic rings. The lowest BCUT2D eigenvalue weighted by atomic mass is 10.3. The first-order chi connectivity index (χ1) is 9.47. The summed E-state index contributed by atoms with van der Waals surface area (Å²) in [6, 6.07) is 6.96. The van der Waals surface area contributed by atoms with Crippen LogP contribution in [0.15, 0.2) is 41.0 Å². The zero-order chi connectivity index (χ0) is 14.7. The molecule has 0 fully saturated rings. The van der Waals surface area contributed by atoms with Crippen LogP contribution in [0.3, 0.4) is 0 Å². The van der Waals surface area contributed by atoms with Gasteiger partial charge in [-0.15, -0.1) is 0 Å². The lowest BCUT2D eigenvalue weighted by molar-refractivity contribution is -0.137. The number of carboxylic acids is 1. The standard InChI is InChI=1S/C13H10BrFN2O3/c14-9-6-8(15)3-4-10(9)16-13(20)11-2-1-5-17(11)7-12(18)19/h1-6H,7H2,(H,16,20)(H,18,19). The second-order valence-electron chi connectivity index (χ2n) is 3.99. The van der Waals surface area contributed by atoms with E-state index in [9.17, 15) is 14.0 Å². The van der Waals surface area contributed by atoms with Crippen molar-refractivity contribution in [3.8, 4) is 0 Å². The average Bonchev–Trinajstić information content (AvgIpc) is 2.80. The molecule has 20 heavy (non-hydrogen) atoms. The molecule has 0 aliphatic heterocycles. The fourth-order valence-electron chi connectivity index (χ4n) is 1.68. The van der Waals surface area contributed by atoms with Crippen molar-refractivity contribution in [2.45, 2.75) is 6.54 Å². The number of carbonyl (C=O) groups excluding carboxylic acids is 1. The molecule has 1 heterocycles. The molecule has 0 aliphatic carbocycles. The number of carboxylic acid groups (broad SMARTS) is 1. The number of carbonyl (C=O) groups is 2. The number of anilines is 1. The van der Waals surface area contributed by atoms with Crippen molar-refractivity contribution in [1.82, 2.24) is 4.57 Å². The second-order valence-corrected chi connectivity index (χ2v) is 4.85. The summed E-state index contributed by atoms with van der Waals surface area (Å²) >= 11 is 3.14. The molecule has 0 saturated heterocycles. The summed E-state index contributed by atoms with van der Waals surface area (Å²) in [6.07, 6.45) is 1.50. The van der Waals surface area contributed by atoms with Gasteiger partial charge in [-0.05, 0) is 46.3 Å². The van der Waals surface area contributed by atoms with Gasteiger partial charge in [-0.1, -0.05) is 0 Å². The monoisotopic (exact) mass is 340 g/mol. The number of rotatable bonds is 4. The van der Waals surface area contributed by atoms with Crippen LogP contribution in [-0.4, -0.2) is 21.6 Å². The van der Waals surface area contributed by atoms with E-state index in [0.717, 1.165) is 0 Å². The van der Waals surface area contributed by atoms with Crippen LogP contribution in [0.4, 0.5) is 10.1 Å². The lowest BCUT2D eigenvalue weighted by Gasteiger charge is -2.09. The average molecular weight is 341 g/mol. The Morgan fingerprint density at radius 3 is 2.75 bits per heavy atom. The normalized spacial score (nSPS) is 10.3. The molecule has 1 amide bonds. The molecule has 0 unspecified atom stereocenters. The number of aliphatic carboxylic acids is 1. The number of nitrogens with zero attached hydrogens (tertiary/aromatic N) is 1. The molecule has 2 aromatic rings. The summed E-state index contributed by atoms with van der Waals surface area (Å²) in [5.74, 6) is -1.94. The molecule has 5 nitrogen and oxygen atoms in total. The van der Waals surface area contributed by atoms with Crippen LogP contribution in [-0.2, 0) is 11.3 Å². The van der Waals surface area contributed by atoms with Gasteiger partial charge in [0.15, 0.2) is 0 Å². The molecule has 0 spiro atoms. The van der Waals surface area contributed by atoms with Crippen molar-refractivity contribution in [3.05, 3.63) is 52.5 Å². The number of amides is 1. The number of hydrogen-bond acceptors (Lipinski definition) is 2. The Hall–Kier alpha value is -2.15. The molecule has 0 atom stereocenters. The van der Waals surface area contributed by atoms with Crippen molar-refractivity contribution in [1.29, 1.82) is 0 Å². The zero-order valence-corrected chi connectivity index (χ0v) is 11.7. The van der Waals surface area contributed by atoms with Crippen LogP contribution >= 0.6 is 15.9 Å². The van der Waals surface area contributed by atoms with Gasteiger partial charge < -0.3 is 15.0 Å². The van der Waals surface area contributed by atoms with E-state index < -0.39 is 17.7 Å². The first kappa shape index (κ1) is 14.3. The fraction of sp³-hybridized carbons (Fsp3) is 0.0769. The number of nitrogens with one attached hydrogen (secondary N) is 1. The Bertz CT molecular complexity index is 669. The van der Waals surface area contributed by atoms with Crippen LogP contribution in [0.1, 0.15) is 10.5 Å². The summed E-state index contributed by atoms with van der Waals surface area (Å²) < 4.78 is 14.7. The number of halogens is 2. The van der Waals surface area contributed by atoms with Crippen LogP contribution in [0.2, 0.25) is 0 Å². The van der Waals surface area contributed by atoms with Gasteiger partial charge in [-0.3, -0.25) is 9.59 Å². The molecular weight excluding hydrogens is 331 g/mol. The first-order valence-corrected chi connectivity index (χ1v) is 6.40.